The Morgan fingerprint density at radius 2 is 2.33 bits per heavy atom. The molecule has 0 aliphatic carbocycles. The van der Waals surface area contributed by atoms with E-state index in [4.69, 9.17) is 11.2 Å². The van der Waals surface area contributed by atoms with Crippen LogP contribution in [0, 0.1) is 23.6 Å². The van der Waals surface area contributed by atoms with Crippen LogP contribution in [0.4, 0.5) is 4.39 Å². The molecular formula is C21H23FN2O3. The van der Waals surface area contributed by atoms with Gasteiger partial charge in [0.25, 0.3) is 0 Å². The van der Waals surface area contributed by atoms with Gasteiger partial charge < -0.3 is 9.84 Å². The van der Waals surface area contributed by atoms with Crippen LogP contribution in [-0.4, -0.2) is 47.7 Å². The van der Waals surface area contributed by atoms with E-state index in [-0.39, 0.29) is 5.82 Å². The predicted molar refractivity (Wildman–Crippen MR) is 101 cm³/mol. The molecule has 1 aliphatic heterocycles. The summed E-state index contributed by atoms with van der Waals surface area (Å²) in [7, 11) is 1.56. The standard InChI is InChI=1S/C21H23FN2O3/c1-3-10-24-11-9-21(14-24,20(25)26)8-4-5-16-17-12-15(27-2)6-7-19(17)23-13-18(16)22/h1,6-7,12-13H,4-5,8-11,14H2,2H3,(H,25,26). The molecule has 0 radical (unpaired) electrons. The number of fused-ring (bicyclic) bond motifs is 1. The van der Waals surface area contributed by atoms with E-state index in [1.165, 1.54) is 6.20 Å². The van der Waals surface area contributed by atoms with Crippen molar-refractivity contribution in [2.24, 2.45) is 5.41 Å². The number of likely N-dealkylation sites (tertiary alicyclic amines) is 1. The average molecular weight is 370 g/mol. The molecule has 6 heteroatoms. The van der Waals surface area contributed by atoms with Gasteiger partial charge in [-0.25, -0.2) is 4.39 Å². The number of carbonyl (C=O) groups is 1. The number of rotatable bonds is 7. The number of carboxylic acids is 1. The van der Waals surface area contributed by atoms with Crippen molar-refractivity contribution >= 4 is 16.9 Å². The Labute approximate surface area is 158 Å². The Balaban J connectivity index is 1.77. The summed E-state index contributed by atoms with van der Waals surface area (Å²) in [5, 5.41) is 10.5. The smallest absolute Gasteiger partial charge is 0.310 e. The number of terminal acetylenes is 1. The molecule has 1 aliphatic rings. The molecule has 1 N–H and O–H groups in total. The highest BCUT2D eigenvalue weighted by Crippen LogP contribution is 2.36. The topological polar surface area (TPSA) is 62.7 Å². The van der Waals surface area contributed by atoms with Gasteiger partial charge in [-0.05, 0) is 49.4 Å². The third-order valence-corrected chi connectivity index (χ3v) is 5.42. The molecule has 1 saturated heterocycles. The van der Waals surface area contributed by atoms with Crippen molar-refractivity contribution in [3.05, 3.63) is 35.8 Å². The van der Waals surface area contributed by atoms with Gasteiger partial charge in [0, 0.05) is 18.5 Å². The lowest BCUT2D eigenvalue weighted by molar-refractivity contribution is -0.148. The van der Waals surface area contributed by atoms with E-state index < -0.39 is 11.4 Å². The monoisotopic (exact) mass is 370 g/mol. The third kappa shape index (κ3) is 3.88. The first-order valence-corrected chi connectivity index (χ1v) is 8.99. The number of nitrogens with zero attached hydrogens (tertiary/aromatic N) is 2. The number of ether oxygens (including phenoxy) is 1. The van der Waals surface area contributed by atoms with Gasteiger partial charge in [0.15, 0.2) is 0 Å². The summed E-state index contributed by atoms with van der Waals surface area (Å²) in [6.07, 6.45) is 8.64. The maximum absolute atomic E-state index is 14.4. The summed E-state index contributed by atoms with van der Waals surface area (Å²) in [5.74, 6) is 2.03. The van der Waals surface area contributed by atoms with Gasteiger partial charge in [-0.3, -0.25) is 14.7 Å². The molecule has 1 aromatic heterocycles. The lowest BCUT2D eigenvalue weighted by Crippen LogP contribution is -2.35. The SMILES string of the molecule is C#CCN1CCC(CCCc2c(F)cnc3ccc(OC)cc23)(C(=O)O)C1. The van der Waals surface area contributed by atoms with Crippen LogP contribution in [-0.2, 0) is 11.2 Å². The summed E-state index contributed by atoms with van der Waals surface area (Å²) in [6.45, 7) is 1.58. The first-order chi connectivity index (χ1) is 13.0. The zero-order valence-electron chi connectivity index (χ0n) is 15.4. The molecule has 0 amide bonds. The fourth-order valence-corrected chi connectivity index (χ4v) is 3.89. The van der Waals surface area contributed by atoms with E-state index in [2.05, 4.69) is 10.9 Å². The molecule has 0 spiro atoms. The Morgan fingerprint density at radius 1 is 1.52 bits per heavy atom. The lowest BCUT2D eigenvalue weighted by Gasteiger charge is -2.24. The third-order valence-electron chi connectivity index (χ3n) is 5.42. The number of aryl methyl sites for hydroxylation is 1. The summed E-state index contributed by atoms with van der Waals surface area (Å²) >= 11 is 0. The minimum Gasteiger partial charge on any atom is -0.497 e. The van der Waals surface area contributed by atoms with Crippen LogP contribution >= 0.6 is 0 Å². The van der Waals surface area contributed by atoms with Crippen molar-refractivity contribution in [1.29, 1.82) is 0 Å². The highest BCUT2D eigenvalue weighted by atomic mass is 19.1. The van der Waals surface area contributed by atoms with Crippen LogP contribution in [0.3, 0.4) is 0 Å². The Morgan fingerprint density at radius 3 is 3.04 bits per heavy atom. The quantitative estimate of drug-likeness (QED) is 0.759. The number of benzene rings is 1. The molecule has 1 unspecified atom stereocenters. The largest absolute Gasteiger partial charge is 0.497 e. The fraction of sp³-hybridized carbons (Fsp3) is 0.429. The Hall–Kier alpha value is -2.65. The molecule has 5 nitrogen and oxygen atoms in total. The summed E-state index contributed by atoms with van der Waals surface area (Å²) in [6, 6.07) is 5.36. The van der Waals surface area contributed by atoms with Gasteiger partial charge in [0.1, 0.15) is 11.6 Å². The maximum Gasteiger partial charge on any atom is 0.310 e. The zero-order chi connectivity index (χ0) is 19.4. The van der Waals surface area contributed by atoms with E-state index in [1.54, 1.807) is 25.3 Å². The van der Waals surface area contributed by atoms with E-state index in [1.807, 2.05) is 4.90 Å². The summed E-state index contributed by atoms with van der Waals surface area (Å²) in [4.78, 5) is 18.0. The van der Waals surface area contributed by atoms with Crippen LogP contribution < -0.4 is 4.74 Å². The van der Waals surface area contributed by atoms with Crippen LogP contribution in [0.25, 0.3) is 10.9 Å². The highest BCUT2D eigenvalue weighted by Gasteiger charge is 2.43. The molecule has 1 fully saturated rings. The number of aliphatic carboxylic acids is 1. The number of carboxylic acid groups (broad SMARTS) is 1. The lowest BCUT2D eigenvalue weighted by atomic mass is 9.81. The zero-order valence-corrected chi connectivity index (χ0v) is 15.4. The molecule has 2 aromatic rings. The van der Waals surface area contributed by atoms with Crippen LogP contribution in [0.1, 0.15) is 24.8 Å². The second-order valence-electron chi connectivity index (χ2n) is 7.07. The molecule has 0 bridgehead atoms. The molecule has 142 valence electrons. The van der Waals surface area contributed by atoms with Crippen LogP contribution in [0.2, 0.25) is 0 Å². The fourth-order valence-electron chi connectivity index (χ4n) is 3.89. The number of pyridine rings is 1. The van der Waals surface area contributed by atoms with Gasteiger partial charge in [-0.2, -0.15) is 0 Å². The number of hydrogen-bond acceptors (Lipinski definition) is 4. The van der Waals surface area contributed by atoms with Crippen molar-refractivity contribution in [1.82, 2.24) is 9.88 Å². The van der Waals surface area contributed by atoms with Crippen LogP contribution in [0.5, 0.6) is 5.75 Å². The van der Waals surface area contributed by atoms with Crippen molar-refractivity contribution in [3.63, 3.8) is 0 Å². The molecule has 1 aromatic carbocycles. The van der Waals surface area contributed by atoms with E-state index in [0.29, 0.717) is 67.5 Å². The number of halogens is 1. The number of aromatic nitrogens is 1. The second kappa shape index (κ2) is 7.93. The molecule has 27 heavy (non-hydrogen) atoms. The number of methoxy groups -OCH3 is 1. The molecular weight excluding hydrogens is 347 g/mol. The van der Waals surface area contributed by atoms with Crippen LogP contribution in [0.15, 0.2) is 24.4 Å². The van der Waals surface area contributed by atoms with E-state index in [9.17, 15) is 14.3 Å². The van der Waals surface area contributed by atoms with E-state index in [0.717, 1.165) is 0 Å². The Kier molecular flexibility index (Phi) is 5.62. The van der Waals surface area contributed by atoms with Gasteiger partial charge in [-0.15, -0.1) is 6.42 Å². The van der Waals surface area contributed by atoms with Gasteiger partial charge in [0.2, 0.25) is 0 Å². The van der Waals surface area contributed by atoms with Crippen molar-refractivity contribution < 1.29 is 19.0 Å². The summed E-state index contributed by atoms with van der Waals surface area (Å²) < 4.78 is 19.7. The van der Waals surface area contributed by atoms with Gasteiger partial charge in [0.05, 0.1) is 30.8 Å². The summed E-state index contributed by atoms with van der Waals surface area (Å²) in [5.41, 5.74) is 0.438. The normalized spacial score (nSPS) is 19.9. The number of hydrogen-bond donors (Lipinski definition) is 1. The van der Waals surface area contributed by atoms with Crippen molar-refractivity contribution in [2.75, 3.05) is 26.7 Å². The van der Waals surface area contributed by atoms with E-state index >= 15 is 0 Å². The highest BCUT2D eigenvalue weighted by molar-refractivity contribution is 5.83. The second-order valence-corrected chi connectivity index (χ2v) is 7.07. The average Bonchev–Trinajstić information content (AvgIpc) is 3.08. The minimum atomic E-state index is -0.812. The minimum absolute atomic E-state index is 0.375. The molecule has 2 heterocycles. The Bertz CT molecular complexity index is 893. The van der Waals surface area contributed by atoms with Crippen molar-refractivity contribution in [2.45, 2.75) is 25.7 Å². The molecule has 3 rings (SSSR count). The first-order valence-electron chi connectivity index (χ1n) is 8.99. The molecule has 0 saturated carbocycles. The van der Waals surface area contributed by atoms with Crippen molar-refractivity contribution in [3.8, 4) is 18.1 Å². The van der Waals surface area contributed by atoms with Gasteiger partial charge in [-0.1, -0.05) is 5.92 Å². The predicted octanol–water partition coefficient (Wildman–Crippen LogP) is 3.12. The van der Waals surface area contributed by atoms with Gasteiger partial charge >= 0.3 is 5.97 Å². The maximum atomic E-state index is 14.4. The molecule has 1 atom stereocenters. The first kappa shape index (κ1) is 19.1.